The maximum atomic E-state index is 12.8. The van der Waals surface area contributed by atoms with Gasteiger partial charge >= 0.3 is 5.63 Å². The Morgan fingerprint density at radius 2 is 1.13 bits per heavy atom. The largest absolute Gasteiger partial charge is 0.431 e. The molecule has 0 fully saturated rings. The lowest BCUT2D eigenvalue weighted by Gasteiger charge is -2.43. The van der Waals surface area contributed by atoms with E-state index in [1.807, 2.05) is 19.1 Å². The molecule has 3 heterocycles. The third-order valence-electron chi connectivity index (χ3n) is 8.30. The maximum Gasteiger partial charge on any atom is 0.343 e. The molecule has 6 aromatic rings. The number of hydrogen-bond donors (Lipinski definition) is 0. The summed E-state index contributed by atoms with van der Waals surface area (Å²) < 4.78 is 5.34. The Balaban J connectivity index is 1.50. The van der Waals surface area contributed by atoms with E-state index in [1.165, 1.54) is 43.2 Å². The van der Waals surface area contributed by atoms with Crippen LogP contribution in [0.4, 0.5) is 17.1 Å². The Bertz CT molecular complexity index is 1890. The third kappa shape index (κ3) is 2.60. The predicted molar refractivity (Wildman–Crippen MR) is 158 cm³/mol. The molecule has 2 aliphatic rings. The molecule has 180 valence electrons. The van der Waals surface area contributed by atoms with Crippen LogP contribution in [0.2, 0.25) is 0 Å². The van der Waals surface area contributed by atoms with Crippen molar-refractivity contribution in [3.05, 3.63) is 138 Å². The van der Waals surface area contributed by atoms with Gasteiger partial charge in [0.05, 0.1) is 11.6 Å². The zero-order valence-corrected chi connectivity index (χ0v) is 21.8. The van der Waals surface area contributed by atoms with E-state index < -0.39 is 8.07 Å². The lowest BCUT2D eigenvalue weighted by atomic mass is 10.1. The first-order valence-corrected chi connectivity index (χ1v) is 14.9. The smallest absolute Gasteiger partial charge is 0.343 e. The second-order valence-electron chi connectivity index (χ2n) is 10.1. The van der Waals surface area contributed by atoms with Crippen LogP contribution in [-0.4, -0.2) is 8.07 Å². The molecule has 8 rings (SSSR count). The summed E-state index contributed by atoms with van der Waals surface area (Å²) in [6.07, 6.45) is 1.54. The zero-order chi connectivity index (χ0) is 25.4. The second kappa shape index (κ2) is 7.67. The number of fused-ring (bicyclic) bond motifs is 10. The van der Waals surface area contributed by atoms with E-state index in [-0.39, 0.29) is 5.63 Å². The van der Waals surface area contributed by atoms with Crippen LogP contribution in [0.15, 0.2) is 131 Å². The van der Waals surface area contributed by atoms with Crippen molar-refractivity contribution in [2.75, 3.05) is 4.90 Å². The third-order valence-corrected chi connectivity index (χ3v) is 13.2. The van der Waals surface area contributed by atoms with Crippen molar-refractivity contribution in [1.29, 1.82) is 0 Å². The zero-order valence-electron chi connectivity index (χ0n) is 20.8. The standard InChI is InChI=1S/C34H23NO2Si/c1-22-21-37-34(36)27-20-23(18-19-24(22)27)35-28-12-4-8-16-32(28)38(33-17-9-5-13-29(33)35)30-14-6-2-10-25(30)26-11-3-7-15-31(26)38/h2-21H,1H3. The van der Waals surface area contributed by atoms with E-state index in [0.717, 1.165) is 16.6 Å². The van der Waals surface area contributed by atoms with Crippen LogP contribution >= 0.6 is 0 Å². The van der Waals surface area contributed by atoms with Crippen LogP contribution < -0.4 is 31.3 Å². The van der Waals surface area contributed by atoms with E-state index in [0.29, 0.717) is 5.39 Å². The number of nitrogens with zero attached hydrogens (tertiary/aromatic N) is 1. The van der Waals surface area contributed by atoms with Crippen LogP contribution in [-0.2, 0) is 0 Å². The molecular weight excluding hydrogens is 482 g/mol. The Labute approximate surface area is 221 Å². The van der Waals surface area contributed by atoms with Crippen LogP contribution in [0.25, 0.3) is 21.9 Å². The van der Waals surface area contributed by atoms with Crippen LogP contribution in [0.5, 0.6) is 0 Å². The highest BCUT2D eigenvalue weighted by molar-refractivity contribution is 7.23. The normalized spacial score (nSPS) is 14.2. The Kier molecular flexibility index (Phi) is 4.32. The van der Waals surface area contributed by atoms with Gasteiger partial charge in [0.2, 0.25) is 0 Å². The average molecular weight is 506 g/mol. The van der Waals surface area contributed by atoms with Gasteiger partial charge in [0.25, 0.3) is 0 Å². The van der Waals surface area contributed by atoms with Gasteiger partial charge in [-0.05, 0) is 74.0 Å². The maximum absolute atomic E-state index is 12.8. The number of anilines is 3. The molecule has 5 aromatic carbocycles. The minimum absolute atomic E-state index is 0.310. The van der Waals surface area contributed by atoms with Gasteiger partial charge in [0.1, 0.15) is 0 Å². The molecule has 38 heavy (non-hydrogen) atoms. The monoisotopic (exact) mass is 505 g/mol. The van der Waals surface area contributed by atoms with Gasteiger partial charge in [-0.3, -0.25) is 0 Å². The lowest BCUT2D eigenvalue weighted by molar-refractivity contribution is 0.516. The summed E-state index contributed by atoms with van der Waals surface area (Å²) in [4.78, 5) is 15.1. The van der Waals surface area contributed by atoms with E-state index in [9.17, 15) is 4.79 Å². The van der Waals surface area contributed by atoms with Gasteiger partial charge in [-0.1, -0.05) is 91.0 Å². The molecule has 3 nitrogen and oxygen atoms in total. The fraction of sp³-hybridized carbons (Fsp3) is 0.0294. The van der Waals surface area contributed by atoms with Crippen molar-refractivity contribution in [2.45, 2.75) is 6.92 Å². The van der Waals surface area contributed by atoms with Gasteiger partial charge in [0.15, 0.2) is 8.07 Å². The summed E-state index contributed by atoms with van der Waals surface area (Å²) in [6, 6.07) is 41.7. The molecule has 0 atom stereocenters. The summed E-state index contributed by atoms with van der Waals surface area (Å²) >= 11 is 0. The van der Waals surface area contributed by atoms with Crippen molar-refractivity contribution < 1.29 is 4.42 Å². The van der Waals surface area contributed by atoms with E-state index in [1.54, 1.807) is 6.26 Å². The van der Waals surface area contributed by atoms with Gasteiger partial charge in [-0.2, -0.15) is 0 Å². The molecule has 1 aromatic heterocycles. The van der Waals surface area contributed by atoms with Crippen molar-refractivity contribution in [1.82, 2.24) is 0 Å². The molecule has 0 N–H and O–H groups in total. The molecule has 0 bridgehead atoms. The molecule has 1 spiro atoms. The molecule has 0 saturated heterocycles. The average Bonchev–Trinajstić information content (AvgIpc) is 3.27. The van der Waals surface area contributed by atoms with Gasteiger partial charge in [0, 0.05) is 17.1 Å². The SMILES string of the molecule is Cc1coc(=O)c2cc(N3c4ccccc4[Si]4(c5ccccc5-c5ccccc54)c4ccccc43)ccc12. The van der Waals surface area contributed by atoms with E-state index >= 15 is 0 Å². The summed E-state index contributed by atoms with van der Waals surface area (Å²) in [5.41, 5.74) is 6.62. The first-order chi connectivity index (χ1) is 18.7. The molecular formula is C34H23NO2Si. The minimum atomic E-state index is -2.57. The van der Waals surface area contributed by atoms with Crippen LogP contribution in [0.1, 0.15) is 5.56 Å². The van der Waals surface area contributed by atoms with E-state index in [2.05, 4.69) is 108 Å². The molecule has 2 aliphatic heterocycles. The lowest BCUT2D eigenvalue weighted by Crippen LogP contribution is -2.75. The summed E-state index contributed by atoms with van der Waals surface area (Å²) in [7, 11) is -2.57. The molecule has 0 unspecified atom stereocenters. The Hall–Kier alpha value is -4.67. The van der Waals surface area contributed by atoms with Gasteiger partial charge in [-0.25, -0.2) is 4.79 Å². The number of benzene rings is 5. The summed E-state index contributed by atoms with van der Waals surface area (Å²) in [5, 5.41) is 7.14. The molecule has 0 saturated carbocycles. The number of rotatable bonds is 1. The second-order valence-corrected chi connectivity index (χ2v) is 13.8. The van der Waals surface area contributed by atoms with Gasteiger partial charge < -0.3 is 9.32 Å². The van der Waals surface area contributed by atoms with E-state index in [4.69, 9.17) is 4.42 Å². The molecule has 0 radical (unpaired) electrons. The van der Waals surface area contributed by atoms with Crippen molar-refractivity contribution in [2.24, 2.45) is 0 Å². The molecule has 4 heteroatoms. The van der Waals surface area contributed by atoms with Gasteiger partial charge in [-0.15, -0.1) is 0 Å². The summed E-state index contributed by atoms with van der Waals surface area (Å²) in [6.45, 7) is 1.97. The Morgan fingerprint density at radius 3 is 1.74 bits per heavy atom. The van der Waals surface area contributed by atoms with Crippen LogP contribution in [0.3, 0.4) is 0 Å². The van der Waals surface area contributed by atoms with Crippen molar-refractivity contribution in [3.8, 4) is 11.1 Å². The highest BCUT2D eigenvalue weighted by atomic mass is 28.3. The predicted octanol–water partition coefficient (Wildman–Crippen LogP) is 5.24. The first-order valence-electron chi connectivity index (χ1n) is 12.9. The summed E-state index contributed by atoms with van der Waals surface area (Å²) in [5.74, 6) is 0. The Morgan fingerprint density at radius 1 is 0.605 bits per heavy atom. The quantitative estimate of drug-likeness (QED) is 0.286. The fourth-order valence-corrected chi connectivity index (χ4v) is 12.3. The number of para-hydroxylation sites is 2. The van der Waals surface area contributed by atoms with Crippen molar-refractivity contribution >= 4 is 56.7 Å². The first kappa shape index (κ1) is 21.4. The number of aryl methyl sites for hydroxylation is 1. The van der Waals surface area contributed by atoms with Crippen molar-refractivity contribution in [3.63, 3.8) is 0 Å². The topological polar surface area (TPSA) is 33.5 Å². The molecule has 0 amide bonds. The molecule has 0 aliphatic carbocycles. The number of hydrogen-bond acceptors (Lipinski definition) is 3. The fourth-order valence-electron chi connectivity index (χ4n) is 6.79. The minimum Gasteiger partial charge on any atom is -0.431 e. The highest BCUT2D eigenvalue weighted by Gasteiger charge is 2.53. The highest BCUT2D eigenvalue weighted by Crippen LogP contribution is 2.41. The van der Waals surface area contributed by atoms with Crippen LogP contribution in [0, 0.1) is 6.92 Å².